The van der Waals surface area contributed by atoms with E-state index in [0.717, 1.165) is 163 Å². The summed E-state index contributed by atoms with van der Waals surface area (Å²) in [5.74, 6) is 2.97. The van der Waals surface area contributed by atoms with Gasteiger partial charge in [-0.2, -0.15) is 15.1 Å². The standard InChI is InChI=1S/C62H72N12O5S3/c1-7-38-32-80-47-26-45-44(28-66-71-45)50(49(38)47)52-54-43(20-22-63-52)51-56(73-29-40-18-19-41(30-73)67-40)69-60(70-58(51)82-54)79-34-62(6)21-12-24-72(33-62)23-11-9-8-10-13-48(76)68-55(61(3,4)5)59(78)74-31-42(75)25-46(74)57(77)64-27-37-14-16-39(17-15-37)53-36(2)65-35-81-53/h1,14-17,20,22,26,28,32,35,40-42,46,55,67,75H,8-13,18-19,21,23-25,27,29-31,33-34H2,2-6H3,(H,64,77)(H,66,71)(H,68,76)/t40-,41+,42-,46+,55-,62?/m1/s1. The number of aromatic amines is 1. The first-order valence-corrected chi connectivity index (χ1v) is 31.5. The third-order valence-electron chi connectivity index (χ3n) is 17.1. The molecule has 0 radical (unpaired) electrons. The summed E-state index contributed by atoms with van der Waals surface area (Å²) in [6, 6.07) is 11.7. The highest BCUT2D eigenvalue weighted by atomic mass is 32.1. The van der Waals surface area contributed by atoms with Crippen LogP contribution in [0.3, 0.4) is 0 Å². The maximum Gasteiger partial charge on any atom is 0.319 e. The highest BCUT2D eigenvalue weighted by molar-refractivity contribution is 7.26. The third kappa shape index (κ3) is 11.4. The maximum atomic E-state index is 14.2. The number of likely N-dealkylation sites (tertiary alicyclic amines) is 2. The van der Waals surface area contributed by atoms with Crippen LogP contribution >= 0.6 is 34.0 Å². The van der Waals surface area contributed by atoms with Crippen molar-refractivity contribution in [2.45, 2.75) is 136 Å². The number of thiazole rings is 1. The lowest BCUT2D eigenvalue weighted by atomic mass is 9.82. The van der Waals surface area contributed by atoms with Crippen LogP contribution in [0.2, 0.25) is 0 Å². The molecule has 4 saturated heterocycles. The SMILES string of the molecule is C#Cc1csc2cc3[nH]ncc3c(-c3nccc4c3sc3nc(OCC5(C)CCCN(CCCCCCC(=O)N[C@H](C(=O)N6C[C@H](O)C[C@H]6C(=O)NCc6ccc(-c7scnc7C)cc6)C(C)(C)C)C5)nc(N5C[C@H]6CC[C@@H](C5)N6)c34)c12. The van der Waals surface area contributed by atoms with E-state index in [1.807, 2.05) is 75.2 Å². The van der Waals surface area contributed by atoms with Crippen molar-refractivity contribution < 1.29 is 24.2 Å². The number of carbonyl (C=O) groups excluding carboxylic acids is 3. The van der Waals surface area contributed by atoms with Gasteiger partial charge in [0, 0.05) is 107 Å². The molecule has 8 aromatic rings. The number of carbonyl (C=O) groups is 3. The monoisotopic (exact) mass is 1160 g/mol. The Morgan fingerprint density at radius 2 is 1.80 bits per heavy atom. The zero-order valence-electron chi connectivity index (χ0n) is 47.3. The minimum atomic E-state index is -0.863. The van der Waals surface area contributed by atoms with E-state index in [0.29, 0.717) is 37.5 Å². The van der Waals surface area contributed by atoms with Crippen LogP contribution in [0.25, 0.3) is 63.0 Å². The fourth-order valence-corrected chi connectivity index (χ4v) is 15.8. The second-order valence-corrected chi connectivity index (χ2v) is 27.3. The summed E-state index contributed by atoms with van der Waals surface area (Å²) >= 11 is 4.86. The molecule has 1 unspecified atom stereocenters. The molecule has 2 aromatic carbocycles. The summed E-state index contributed by atoms with van der Waals surface area (Å²) in [6.45, 7) is 15.5. The van der Waals surface area contributed by atoms with Gasteiger partial charge >= 0.3 is 6.01 Å². The summed E-state index contributed by atoms with van der Waals surface area (Å²) in [4.78, 5) is 69.7. The smallest absolute Gasteiger partial charge is 0.319 e. The molecule has 428 valence electrons. The molecule has 0 spiro atoms. The quantitative estimate of drug-likeness (QED) is 0.0401. The summed E-state index contributed by atoms with van der Waals surface area (Å²) < 4.78 is 8.86. The molecule has 3 amide bonds. The number of thiophene rings is 2. The Hall–Kier alpha value is -6.60. The topological polar surface area (TPSA) is 207 Å². The average molecular weight is 1160 g/mol. The highest BCUT2D eigenvalue weighted by Gasteiger charge is 2.45. The van der Waals surface area contributed by atoms with E-state index >= 15 is 0 Å². The van der Waals surface area contributed by atoms with Gasteiger partial charge in [0.15, 0.2) is 0 Å². The van der Waals surface area contributed by atoms with E-state index in [9.17, 15) is 19.5 Å². The first-order chi connectivity index (χ1) is 39.6. The number of nitrogens with one attached hydrogen (secondary N) is 4. The lowest BCUT2D eigenvalue weighted by molar-refractivity contribution is -0.144. The molecule has 17 nitrogen and oxygen atoms in total. The Morgan fingerprint density at radius 3 is 2.57 bits per heavy atom. The Bertz CT molecular complexity index is 3720. The molecule has 4 aliphatic rings. The van der Waals surface area contributed by atoms with E-state index in [1.165, 1.54) is 4.90 Å². The molecule has 10 heterocycles. The number of piperazine rings is 1. The van der Waals surface area contributed by atoms with Gasteiger partial charge in [0.25, 0.3) is 0 Å². The largest absolute Gasteiger partial charge is 0.463 e. The summed E-state index contributed by atoms with van der Waals surface area (Å²) in [5.41, 5.74) is 7.68. The van der Waals surface area contributed by atoms with E-state index < -0.39 is 23.6 Å². The van der Waals surface area contributed by atoms with E-state index in [-0.39, 0.29) is 42.6 Å². The number of β-amino-alcohol motifs (C(OH)–C–C–N with tert-alkyl or cyclic N) is 1. The summed E-state index contributed by atoms with van der Waals surface area (Å²) in [7, 11) is 0. The van der Waals surface area contributed by atoms with Gasteiger partial charge < -0.3 is 40.5 Å². The number of nitrogens with zero attached hydrogens (tertiary/aromatic N) is 8. The number of unbranched alkanes of at least 4 members (excludes halogenated alkanes) is 3. The number of H-pyrrole nitrogens is 1. The first kappa shape index (κ1) is 55.9. The molecule has 0 saturated carbocycles. The highest BCUT2D eigenvalue weighted by Crippen LogP contribution is 2.47. The predicted molar refractivity (Wildman–Crippen MR) is 327 cm³/mol. The number of fused-ring (bicyclic) bond motifs is 7. The fraction of sp³-hybridized carbons (Fsp3) is 0.484. The fourth-order valence-electron chi connectivity index (χ4n) is 12.9. The molecular weight excluding hydrogens is 1090 g/mol. The Kier molecular flexibility index (Phi) is 15.8. The molecule has 5 N–H and O–H groups in total. The van der Waals surface area contributed by atoms with Gasteiger partial charge in [0.2, 0.25) is 17.7 Å². The number of benzene rings is 2. The minimum Gasteiger partial charge on any atom is -0.463 e. The van der Waals surface area contributed by atoms with E-state index in [1.54, 1.807) is 34.0 Å². The van der Waals surface area contributed by atoms with Crippen LogP contribution in [-0.4, -0.2) is 139 Å². The number of rotatable bonds is 18. The van der Waals surface area contributed by atoms with Crippen molar-refractivity contribution in [1.29, 1.82) is 0 Å². The zero-order valence-corrected chi connectivity index (χ0v) is 49.8. The number of aryl methyl sites for hydroxylation is 1. The summed E-state index contributed by atoms with van der Waals surface area (Å²) in [6.07, 6.45) is 17.5. The average Bonchev–Trinajstić information content (AvgIpc) is 2.89. The van der Waals surface area contributed by atoms with Crippen LogP contribution in [0.15, 0.2) is 59.7 Å². The molecule has 2 bridgehead atoms. The number of hydrogen-bond acceptors (Lipinski definition) is 16. The first-order valence-electron chi connectivity index (χ1n) is 28.9. The number of aliphatic hydroxyl groups is 1. The Labute approximate surface area is 490 Å². The number of hydrogen-bond donors (Lipinski definition) is 5. The van der Waals surface area contributed by atoms with Crippen LogP contribution in [0.5, 0.6) is 6.01 Å². The number of aliphatic hydroxyl groups excluding tert-OH is 1. The Morgan fingerprint density at radius 1 is 1.00 bits per heavy atom. The van der Waals surface area contributed by atoms with Crippen molar-refractivity contribution in [3.63, 3.8) is 0 Å². The van der Waals surface area contributed by atoms with Crippen LogP contribution in [-0.2, 0) is 20.9 Å². The molecule has 4 aliphatic heterocycles. The lowest BCUT2D eigenvalue weighted by Crippen LogP contribution is -2.57. The molecule has 0 aliphatic carbocycles. The molecule has 20 heteroatoms. The number of pyridine rings is 1. The molecule has 4 fully saturated rings. The van der Waals surface area contributed by atoms with Gasteiger partial charge in [-0.15, -0.1) is 40.4 Å². The van der Waals surface area contributed by atoms with Crippen LogP contribution in [0.4, 0.5) is 5.82 Å². The van der Waals surface area contributed by atoms with Gasteiger partial charge in [-0.1, -0.05) is 70.7 Å². The maximum absolute atomic E-state index is 14.2. The number of anilines is 1. The predicted octanol–water partition coefficient (Wildman–Crippen LogP) is 9.59. The summed E-state index contributed by atoms with van der Waals surface area (Å²) in [5, 5.41) is 34.3. The molecule has 82 heavy (non-hydrogen) atoms. The van der Waals surface area contributed by atoms with Crippen molar-refractivity contribution in [1.82, 2.24) is 55.9 Å². The normalized spacial score (nSPS) is 21.7. The lowest BCUT2D eigenvalue weighted by Gasteiger charge is -2.40. The van der Waals surface area contributed by atoms with Gasteiger partial charge in [-0.25, -0.2) is 4.98 Å². The van der Waals surface area contributed by atoms with Crippen LogP contribution < -0.4 is 25.6 Å². The zero-order chi connectivity index (χ0) is 56.9. The molecule has 6 aromatic heterocycles. The van der Waals surface area contributed by atoms with Crippen molar-refractivity contribution in [2.75, 3.05) is 50.8 Å². The van der Waals surface area contributed by atoms with Gasteiger partial charge in [-0.3, -0.25) is 24.5 Å². The number of amides is 3. The van der Waals surface area contributed by atoms with E-state index in [4.69, 9.17) is 26.1 Å². The third-order valence-corrected chi connectivity index (χ3v) is 20.2. The molecule has 6 atom stereocenters. The van der Waals surface area contributed by atoms with Crippen LogP contribution in [0.1, 0.15) is 109 Å². The van der Waals surface area contributed by atoms with Crippen molar-refractivity contribution >= 4 is 98.8 Å². The number of aromatic nitrogens is 6. The van der Waals surface area contributed by atoms with Crippen molar-refractivity contribution in [3.8, 4) is 40.1 Å². The second-order valence-electron chi connectivity index (χ2n) is 24.5. The van der Waals surface area contributed by atoms with Gasteiger partial charge in [0.1, 0.15) is 22.7 Å². The minimum absolute atomic E-state index is 0.0304. The van der Waals surface area contributed by atoms with Gasteiger partial charge in [-0.05, 0) is 87.2 Å². The van der Waals surface area contributed by atoms with Crippen LogP contribution in [0, 0.1) is 30.1 Å². The van der Waals surface area contributed by atoms with E-state index in [2.05, 4.69) is 65.9 Å². The molecular formula is C62H72N12O5S3. The Balaban J connectivity index is 0.651. The second kappa shape index (κ2) is 23.2. The van der Waals surface area contributed by atoms with Crippen molar-refractivity contribution in [3.05, 3.63) is 76.5 Å². The number of piperidine rings is 1. The number of terminal acetylenes is 1. The molecule has 12 rings (SSSR count). The number of ether oxygens (including phenoxy) is 1. The van der Waals surface area contributed by atoms with Gasteiger partial charge in [0.05, 0.1) is 56.3 Å². The van der Waals surface area contributed by atoms with Crippen molar-refractivity contribution in [2.24, 2.45) is 10.8 Å².